The van der Waals surface area contributed by atoms with Gasteiger partial charge < -0.3 is 15.1 Å². The standard InChI is InChI=1S/C16H31N3OS/c1-18(2)9-3-5-14-7-10-19(11-8-14)16(20)17-13-15-6-4-12-21-15/h14-15H,3-13H2,1-2H3,(H,17,20). The minimum absolute atomic E-state index is 0.161. The molecule has 5 heteroatoms. The van der Waals surface area contributed by atoms with E-state index in [0.29, 0.717) is 5.25 Å². The first-order valence-corrected chi connectivity index (χ1v) is 9.49. The van der Waals surface area contributed by atoms with Gasteiger partial charge in [0.2, 0.25) is 0 Å². The molecule has 0 radical (unpaired) electrons. The minimum atomic E-state index is 0.161. The molecule has 1 unspecified atom stereocenters. The molecule has 2 aliphatic heterocycles. The van der Waals surface area contributed by atoms with Crippen LogP contribution in [-0.4, -0.2) is 67.1 Å². The maximum Gasteiger partial charge on any atom is 0.317 e. The molecule has 2 heterocycles. The van der Waals surface area contributed by atoms with Crippen LogP contribution in [0.25, 0.3) is 0 Å². The smallest absolute Gasteiger partial charge is 0.317 e. The maximum atomic E-state index is 12.2. The van der Waals surface area contributed by atoms with E-state index in [-0.39, 0.29) is 6.03 Å². The van der Waals surface area contributed by atoms with Crippen molar-refractivity contribution in [1.29, 1.82) is 0 Å². The van der Waals surface area contributed by atoms with Gasteiger partial charge in [0, 0.05) is 24.9 Å². The molecule has 21 heavy (non-hydrogen) atoms. The number of hydrogen-bond donors (Lipinski definition) is 1. The van der Waals surface area contributed by atoms with Crippen molar-refractivity contribution in [2.75, 3.05) is 46.0 Å². The number of nitrogens with zero attached hydrogens (tertiary/aromatic N) is 2. The lowest BCUT2D eigenvalue weighted by Gasteiger charge is -2.32. The molecular weight excluding hydrogens is 282 g/mol. The van der Waals surface area contributed by atoms with Crippen molar-refractivity contribution in [1.82, 2.24) is 15.1 Å². The van der Waals surface area contributed by atoms with Crippen LogP contribution < -0.4 is 5.32 Å². The summed E-state index contributed by atoms with van der Waals surface area (Å²) < 4.78 is 0. The number of amides is 2. The summed E-state index contributed by atoms with van der Waals surface area (Å²) >= 11 is 2.01. The van der Waals surface area contributed by atoms with Crippen molar-refractivity contribution >= 4 is 17.8 Å². The molecule has 4 nitrogen and oxygen atoms in total. The van der Waals surface area contributed by atoms with E-state index in [2.05, 4.69) is 24.3 Å². The fraction of sp³-hybridized carbons (Fsp3) is 0.938. The number of rotatable bonds is 6. The van der Waals surface area contributed by atoms with Crippen LogP contribution in [0.5, 0.6) is 0 Å². The van der Waals surface area contributed by atoms with Crippen LogP contribution in [0.1, 0.15) is 38.5 Å². The van der Waals surface area contributed by atoms with Gasteiger partial charge in [-0.3, -0.25) is 0 Å². The van der Waals surface area contributed by atoms with Crippen molar-refractivity contribution in [2.24, 2.45) is 5.92 Å². The molecule has 2 rings (SSSR count). The first kappa shape index (κ1) is 16.9. The third-order valence-electron chi connectivity index (χ3n) is 4.62. The Morgan fingerprint density at radius 1 is 1.29 bits per heavy atom. The number of nitrogens with one attached hydrogen (secondary N) is 1. The highest BCUT2D eigenvalue weighted by molar-refractivity contribution is 8.00. The molecule has 1 N–H and O–H groups in total. The molecule has 0 bridgehead atoms. The molecule has 2 fully saturated rings. The molecular formula is C16H31N3OS. The Labute approximate surface area is 134 Å². The second-order valence-electron chi connectivity index (χ2n) is 6.70. The molecule has 2 amide bonds. The lowest BCUT2D eigenvalue weighted by Crippen LogP contribution is -2.45. The fourth-order valence-corrected chi connectivity index (χ4v) is 4.44. The van der Waals surface area contributed by atoms with Crippen molar-refractivity contribution in [2.45, 2.75) is 43.8 Å². The molecule has 2 aliphatic rings. The molecule has 0 spiro atoms. The van der Waals surface area contributed by atoms with E-state index >= 15 is 0 Å². The van der Waals surface area contributed by atoms with Crippen molar-refractivity contribution in [3.63, 3.8) is 0 Å². The quantitative estimate of drug-likeness (QED) is 0.819. The molecule has 1 atom stereocenters. The summed E-state index contributed by atoms with van der Waals surface area (Å²) in [5.74, 6) is 2.08. The Balaban J connectivity index is 1.58. The van der Waals surface area contributed by atoms with Gasteiger partial charge in [-0.25, -0.2) is 4.79 Å². The van der Waals surface area contributed by atoms with Gasteiger partial charge in [-0.1, -0.05) is 0 Å². The van der Waals surface area contributed by atoms with Crippen LogP contribution >= 0.6 is 11.8 Å². The highest BCUT2D eigenvalue weighted by atomic mass is 32.2. The Bertz CT molecular complexity index is 311. The SMILES string of the molecule is CN(C)CCCC1CCN(C(=O)NCC2CCCS2)CC1. The zero-order valence-corrected chi connectivity index (χ0v) is 14.5. The van der Waals surface area contributed by atoms with Crippen LogP contribution in [0, 0.1) is 5.92 Å². The molecule has 0 aromatic carbocycles. The summed E-state index contributed by atoms with van der Waals surface area (Å²) in [6.45, 7) is 3.92. The highest BCUT2D eigenvalue weighted by Gasteiger charge is 2.23. The second kappa shape index (κ2) is 8.89. The van der Waals surface area contributed by atoms with E-state index in [0.717, 1.165) is 25.6 Å². The fourth-order valence-electron chi connectivity index (χ4n) is 3.24. The van der Waals surface area contributed by atoms with Crippen LogP contribution in [-0.2, 0) is 0 Å². The number of urea groups is 1. The van der Waals surface area contributed by atoms with E-state index in [4.69, 9.17) is 0 Å². The zero-order chi connectivity index (χ0) is 15.1. The van der Waals surface area contributed by atoms with E-state index in [1.54, 1.807) is 0 Å². The average molecular weight is 314 g/mol. The van der Waals surface area contributed by atoms with Gasteiger partial charge in [0.1, 0.15) is 0 Å². The van der Waals surface area contributed by atoms with Crippen LogP contribution in [0.2, 0.25) is 0 Å². The summed E-state index contributed by atoms with van der Waals surface area (Å²) in [5.41, 5.74) is 0. The maximum absolute atomic E-state index is 12.2. The number of carbonyl (C=O) groups excluding carboxylic acids is 1. The predicted octanol–water partition coefficient (Wildman–Crippen LogP) is 2.65. The average Bonchev–Trinajstić information content (AvgIpc) is 2.98. The van der Waals surface area contributed by atoms with Gasteiger partial charge in [-0.05, 0) is 70.8 Å². The molecule has 0 aromatic rings. The lowest BCUT2D eigenvalue weighted by molar-refractivity contribution is 0.166. The van der Waals surface area contributed by atoms with Gasteiger partial charge in [-0.15, -0.1) is 0 Å². The zero-order valence-electron chi connectivity index (χ0n) is 13.6. The van der Waals surface area contributed by atoms with E-state index in [9.17, 15) is 4.79 Å². The second-order valence-corrected chi connectivity index (χ2v) is 8.11. The highest BCUT2D eigenvalue weighted by Crippen LogP contribution is 2.25. The van der Waals surface area contributed by atoms with Gasteiger partial charge in [0.05, 0.1) is 0 Å². The van der Waals surface area contributed by atoms with E-state index < -0.39 is 0 Å². The third kappa shape index (κ3) is 6.07. The van der Waals surface area contributed by atoms with Crippen molar-refractivity contribution in [3.8, 4) is 0 Å². The molecule has 2 saturated heterocycles. The Hall–Kier alpha value is -0.420. The van der Waals surface area contributed by atoms with Gasteiger partial charge in [-0.2, -0.15) is 11.8 Å². The molecule has 0 aromatic heterocycles. The van der Waals surface area contributed by atoms with Crippen LogP contribution in [0.4, 0.5) is 4.79 Å². The summed E-state index contributed by atoms with van der Waals surface area (Å²) in [4.78, 5) is 16.4. The minimum Gasteiger partial charge on any atom is -0.337 e. The molecule has 0 aliphatic carbocycles. The van der Waals surface area contributed by atoms with Gasteiger partial charge in [0.25, 0.3) is 0 Å². The Morgan fingerprint density at radius 2 is 2.05 bits per heavy atom. The van der Waals surface area contributed by atoms with Gasteiger partial charge >= 0.3 is 6.03 Å². The topological polar surface area (TPSA) is 35.6 Å². The number of thioether (sulfide) groups is 1. The number of hydrogen-bond acceptors (Lipinski definition) is 3. The summed E-state index contributed by atoms with van der Waals surface area (Å²) in [5, 5.41) is 3.78. The first-order chi connectivity index (χ1) is 10.1. The summed E-state index contributed by atoms with van der Waals surface area (Å²) in [7, 11) is 4.27. The lowest BCUT2D eigenvalue weighted by atomic mass is 9.92. The number of likely N-dealkylation sites (tertiary alicyclic amines) is 1. The number of carbonyl (C=O) groups is 1. The summed E-state index contributed by atoms with van der Waals surface area (Å²) in [6.07, 6.45) is 7.52. The monoisotopic (exact) mass is 313 g/mol. The first-order valence-electron chi connectivity index (χ1n) is 8.44. The Kier molecular flexibility index (Phi) is 7.17. The molecule has 0 saturated carbocycles. The predicted molar refractivity (Wildman–Crippen MR) is 91.0 cm³/mol. The third-order valence-corrected chi connectivity index (χ3v) is 6.02. The van der Waals surface area contributed by atoms with E-state index in [1.165, 1.54) is 50.8 Å². The van der Waals surface area contributed by atoms with Crippen molar-refractivity contribution in [3.05, 3.63) is 0 Å². The largest absolute Gasteiger partial charge is 0.337 e. The van der Waals surface area contributed by atoms with Crippen LogP contribution in [0.3, 0.4) is 0 Å². The summed E-state index contributed by atoms with van der Waals surface area (Å²) in [6, 6.07) is 0.161. The van der Waals surface area contributed by atoms with Crippen molar-refractivity contribution < 1.29 is 4.79 Å². The van der Waals surface area contributed by atoms with Gasteiger partial charge in [0.15, 0.2) is 0 Å². The molecule has 122 valence electrons. The normalized spacial score (nSPS) is 23.8. The Morgan fingerprint density at radius 3 is 2.67 bits per heavy atom. The van der Waals surface area contributed by atoms with Crippen LogP contribution in [0.15, 0.2) is 0 Å². The van der Waals surface area contributed by atoms with E-state index in [1.807, 2.05) is 16.7 Å². The number of piperidine rings is 1.